The number of nitriles is 1. The fourth-order valence-electron chi connectivity index (χ4n) is 5.43. The van der Waals surface area contributed by atoms with Crippen LogP contribution in [0.4, 0.5) is 23.2 Å². The topological polar surface area (TPSA) is 66.1 Å². The number of carbonyl (C=O) groups is 1. The number of hydrogen-bond acceptors (Lipinski definition) is 4. The predicted molar refractivity (Wildman–Crippen MR) is 170 cm³/mol. The van der Waals surface area contributed by atoms with Gasteiger partial charge < -0.3 is 0 Å². The van der Waals surface area contributed by atoms with Crippen LogP contribution in [0.2, 0.25) is 0 Å². The maximum absolute atomic E-state index is 15.4. The van der Waals surface area contributed by atoms with E-state index in [1.165, 1.54) is 31.2 Å². The van der Waals surface area contributed by atoms with E-state index in [4.69, 9.17) is 11.6 Å². The first kappa shape index (κ1) is 34.1. The molecule has 236 valence electrons. The van der Waals surface area contributed by atoms with Crippen LogP contribution in [0.5, 0.6) is 0 Å². The predicted octanol–water partition coefficient (Wildman–Crippen LogP) is 10.3. The second kappa shape index (κ2) is 14.5. The van der Waals surface area contributed by atoms with Crippen molar-refractivity contribution in [2.24, 2.45) is 16.8 Å². The molecule has 0 N–H and O–H groups in total. The first-order chi connectivity index (χ1) is 21.4. The highest BCUT2D eigenvalue weighted by Crippen LogP contribution is 2.45. The molecule has 2 atom stereocenters. The number of rotatable bonds is 13. The number of allylic oxidation sites excluding steroid dienone is 2. The number of aromatic nitrogens is 1. The average Bonchev–Trinajstić information content (AvgIpc) is 3.87. The Bertz CT molecular complexity index is 1620. The van der Waals surface area contributed by atoms with Crippen molar-refractivity contribution in [2.75, 3.05) is 0 Å². The van der Waals surface area contributed by atoms with Crippen molar-refractivity contribution in [3.8, 4) is 6.07 Å². The van der Waals surface area contributed by atoms with E-state index in [-0.39, 0.29) is 46.5 Å². The zero-order valence-electron chi connectivity index (χ0n) is 25.6. The molecular weight excluding hydrogens is 602 g/mol. The highest BCUT2D eigenvalue weighted by molar-refractivity contribution is 6.47. The maximum atomic E-state index is 15.4. The lowest BCUT2D eigenvalue weighted by Crippen LogP contribution is -2.29. The van der Waals surface area contributed by atoms with Crippen molar-refractivity contribution in [3.63, 3.8) is 0 Å². The van der Waals surface area contributed by atoms with Crippen molar-refractivity contribution >= 4 is 34.4 Å². The summed E-state index contributed by atoms with van der Waals surface area (Å²) in [6, 6.07) is 18.0. The molecule has 1 aromatic heterocycles. The van der Waals surface area contributed by atoms with Gasteiger partial charge in [-0.15, -0.1) is 11.6 Å². The van der Waals surface area contributed by atoms with Crippen LogP contribution < -0.4 is 0 Å². The molecule has 2 unspecified atom stereocenters. The first-order valence-corrected chi connectivity index (χ1v) is 15.5. The van der Waals surface area contributed by atoms with Crippen LogP contribution in [-0.4, -0.2) is 22.7 Å². The Balaban J connectivity index is 1.78. The standard InChI is InChI=1S/C36H36ClF4N3O/c1-4-8-28(36(39,40)41)21-32(44-29-10-7-9-26(19-29)22-42)34(45)24(3)23(2)30-20-27(14-15-31(30)38)35(37,17-16-25-12-13-25)33-11-5-6-18-43-33/h5-7,9-11,14-15,18-20,25,28H,4,8,12-13,16-17,21H2,1-3H3. The normalized spacial score (nSPS) is 16.4. The number of Topliss-reactive ketones (excluding diaryl/α,β-unsaturated/α-hetero) is 1. The molecule has 0 saturated heterocycles. The number of pyridine rings is 1. The largest absolute Gasteiger partial charge is 0.392 e. The molecule has 1 aliphatic rings. The summed E-state index contributed by atoms with van der Waals surface area (Å²) in [6.45, 7) is 4.68. The van der Waals surface area contributed by atoms with Crippen molar-refractivity contribution in [3.05, 3.63) is 101 Å². The van der Waals surface area contributed by atoms with Crippen LogP contribution in [0.15, 0.2) is 77.4 Å². The van der Waals surface area contributed by atoms with Crippen molar-refractivity contribution in [2.45, 2.75) is 76.8 Å². The van der Waals surface area contributed by atoms with Gasteiger partial charge in [0.25, 0.3) is 0 Å². The molecule has 4 nitrogen and oxygen atoms in total. The number of alkyl halides is 4. The fourth-order valence-corrected chi connectivity index (χ4v) is 5.77. The average molecular weight is 638 g/mol. The van der Waals surface area contributed by atoms with Crippen molar-refractivity contribution in [1.29, 1.82) is 5.26 Å². The van der Waals surface area contributed by atoms with Crippen molar-refractivity contribution < 1.29 is 22.4 Å². The van der Waals surface area contributed by atoms with Crippen LogP contribution in [0.25, 0.3) is 5.57 Å². The summed E-state index contributed by atoms with van der Waals surface area (Å²) in [5.41, 5.74) is 1.83. The number of hydrogen-bond donors (Lipinski definition) is 0. The molecule has 0 amide bonds. The summed E-state index contributed by atoms with van der Waals surface area (Å²) in [5.74, 6) is -2.52. The van der Waals surface area contributed by atoms with Gasteiger partial charge in [-0.25, -0.2) is 9.38 Å². The minimum absolute atomic E-state index is 0.0645. The SMILES string of the molecule is CCCC(CC(=Nc1cccc(C#N)c1)C(=O)C(C)=C(C)c1cc(C(Cl)(CCC2CC2)c2ccccn2)ccc1F)C(F)(F)F. The Labute approximate surface area is 266 Å². The van der Waals surface area contributed by atoms with Crippen LogP contribution in [0, 0.1) is 29.0 Å². The molecule has 0 spiro atoms. The number of benzene rings is 2. The van der Waals surface area contributed by atoms with E-state index in [1.807, 2.05) is 18.2 Å². The Kier molecular flexibility index (Phi) is 11.0. The number of halogens is 5. The molecule has 0 aliphatic heterocycles. The molecule has 0 radical (unpaired) electrons. The van der Waals surface area contributed by atoms with E-state index in [1.54, 1.807) is 44.3 Å². The lowest BCUT2D eigenvalue weighted by atomic mass is 9.86. The van der Waals surface area contributed by atoms with Crippen LogP contribution >= 0.6 is 11.6 Å². The van der Waals surface area contributed by atoms with Gasteiger partial charge in [0.2, 0.25) is 5.78 Å². The van der Waals surface area contributed by atoms with Gasteiger partial charge in [0.05, 0.1) is 34.6 Å². The lowest BCUT2D eigenvalue weighted by Gasteiger charge is -2.28. The molecule has 4 rings (SSSR count). The van der Waals surface area contributed by atoms with E-state index >= 15 is 4.39 Å². The molecule has 0 bridgehead atoms. The Morgan fingerprint density at radius 2 is 1.87 bits per heavy atom. The quantitative estimate of drug-likeness (QED) is 0.0810. The van der Waals surface area contributed by atoms with Gasteiger partial charge in [-0.1, -0.05) is 44.4 Å². The van der Waals surface area contributed by atoms with Gasteiger partial charge in [0, 0.05) is 23.8 Å². The molecule has 45 heavy (non-hydrogen) atoms. The van der Waals surface area contributed by atoms with Crippen LogP contribution in [-0.2, 0) is 9.67 Å². The van der Waals surface area contributed by atoms with Crippen LogP contribution in [0.1, 0.15) is 88.1 Å². The summed E-state index contributed by atoms with van der Waals surface area (Å²) < 4.78 is 57.4. The summed E-state index contributed by atoms with van der Waals surface area (Å²) in [7, 11) is 0. The highest BCUT2D eigenvalue weighted by atomic mass is 35.5. The summed E-state index contributed by atoms with van der Waals surface area (Å²) in [6.07, 6.45) is 0.288. The van der Waals surface area contributed by atoms with Gasteiger partial charge in [0.1, 0.15) is 10.7 Å². The van der Waals surface area contributed by atoms with Gasteiger partial charge in [-0.2, -0.15) is 18.4 Å². The first-order valence-electron chi connectivity index (χ1n) is 15.1. The second-order valence-electron chi connectivity index (χ2n) is 11.7. The van der Waals surface area contributed by atoms with E-state index in [9.17, 15) is 23.2 Å². The van der Waals surface area contributed by atoms with Crippen LogP contribution in [0.3, 0.4) is 0 Å². The monoisotopic (exact) mass is 637 g/mol. The zero-order chi connectivity index (χ0) is 32.8. The van der Waals surface area contributed by atoms with E-state index < -0.39 is 35.0 Å². The Hall–Kier alpha value is -3.83. The van der Waals surface area contributed by atoms with E-state index in [0.29, 0.717) is 23.6 Å². The Morgan fingerprint density at radius 1 is 1.11 bits per heavy atom. The maximum Gasteiger partial charge on any atom is 0.392 e. The van der Waals surface area contributed by atoms with Gasteiger partial charge in [-0.3, -0.25) is 9.78 Å². The number of ketones is 1. The zero-order valence-corrected chi connectivity index (χ0v) is 26.4. The lowest BCUT2D eigenvalue weighted by molar-refractivity contribution is -0.174. The minimum atomic E-state index is -4.55. The van der Waals surface area contributed by atoms with Gasteiger partial charge in [-0.05, 0) is 92.6 Å². The third-order valence-electron chi connectivity index (χ3n) is 8.44. The van der Waals surface area contributed by atoms with E-state index in [0.717, 1.165) is 19.3 Å². The second-order valence-corrected chi connectivity index (χ2v) is 12.4. The third kappa shape index (κ3) is 8.46. The number of nitrogens with zero attached hydrogens (tertiary/aromatic N) is 3. The molecular formula is C36H36ClF4N3O. The molecule has 1 saturated carbocycles. The van der Waals surface area contributed by atoms with E-state index in [2.05, 4.69) is 9.98 Å². The Morgan fingerprint density at radius 3 is 2.49 bits per heavy atom. The molecule has 1 heterocycles. The number of aliphatic imine (C=N–C) groups is 1. The molecule has 9 heteroatoms. The molecule has 1 fully saturated rings. The minimum Gasteiger partial charge on any atom is -0.288 e. The summed E-state index contributed by atoms with van der Waals surface area (Å²) in [4.78, 5) is 21.7. The molecule has 2 aromatic carbocycles. The summed E-state index contributed by atoms with van der Waals surface area (Å²) >= 11 is 7.31. The van der Waals surface area contributed by atoms with Crippen molar-refractivity contribution in [1.82, 2.24) is 4.98 Å². The molecule has 1 aliphatic carbocycles. The smallest absolute Gasteiger partial charge is 0.288 e. The number of carbonyl (C=O) groups excluding carboxylic acids is 1. The molecule has 3 aromatic rings. The fraction of sp³-hybridized carbons (Fsp3) is 0.389. The third-order valence-corrected chi connectivity index (χ3v) is 9.04. The highest BCUT2D eigenvalue weighted by Gasteiger charge is 2.41. The van der Waals surface area contributed by atoms with Gasteiger partial charge in [0.15, 0.2) is 0 Å². The van der Waals surface area contributed by atoms with Gasteiger partial charge >= 0.3 is 6.18 Å². The summed E-state index contributed by atoms with van der Waals surface area (Å²) in [5, 5.41) is 9.29.